The molecule has 0 bridgehead atoms. The van der Waals surface area contributed by atoms with Crippen LogP contribution in [0.1, 0.15) is 31.2 Å². The Labute approximate surface area is 181 Å². The average molecular weight is 429 g/mol. The molecule has 2 aromatic carbocycles. The molecule has 0 unspecified atom stereocenters. The van der Waals surface area contributed by atoms with Gasteiger partial charge in [-0.25, -0.2) is 14.0 Å². The number of benzene rings is 2. The van der Waals surface area contributed by atoms with Crippen molar-refractivity contribution in [2.24, 2.45) is 11.8 Å². The van der Waals surface area contributed by atoms with Crippen LogP contribution in [0.15, 0.2) is 42.5 Å². The fraction of sp³-hybridized carbons (Fsp3) is 0.417. The molecule has 0 radical (unpaired) electrons. The lowest BCUT2D eigenvalue weighted by atomic mass is 9.83. The molecule has 0 heterocycles. The van der Waals surface area contributed by atoms with E-state index >= 15 is 0 Å². The van der Waals surface area contributed by atoms with Crippen LogP contribution in [-0.2, 0) is 14.3 Å². The van der Waals surface area contributed by atoms with Crippen molar-refractivity contribution in [1.82, 2.24) is 0 Å². The second-order valence-electron chi connectivity index (χ2n) is 8.03. The lowest BCUT2D eigenvalue weighted by molar-refractivity contribution is -0.142. The first-order valence-corrected chi connectivity index (χ1v) is 10.5. The summed E-state index contributed by atoms with van der Waals surface area (Å²) in [7, 11) is 0. The molecule has 3 rings (SSSR count). The molecule has 6 nitrogen and oxygen atoms in total. The van der Waals surface area contributed by atoms with Gasteiger partial charge in [-0.05, 0) is 73.8 Å². The zero-order chi connectivity index (χ0) is 22.2. The Kier molecular flexibility index (Phi) is 8.00. The molecule has 0 aliphatic heterocycles. The van der Waals surface area contributed by atoms with Crippen LogP contribution in [0.4, 0.5) is 14.9 Å². The number of anilines is 1. The normalized spacial score (nSPS) is 18.4. The molecule has 1 saturated carbocycles. The molecular weight excluding hydrogens is 401 g/mol. The maximum atomic E-state index is 13.7. The Bertz CT molecular complexity index is 909. The van der Waals surface area contributed by atoms with E-state index in [1.54, 1.807) is 18.2 Å². The molecule has 166 valence electrons. The van der Waals surface area contributed by atoms with Gasteiger partial charge in [0.1, 0.15) is 12.4 Å². The van der Waals surface area contributed by atoms with Crippen molar-refractivity contribution in [3.05, 3.63) is 53.8 Å². The number of carbonyl (C=O) groups is 2. The Balaban J connectivity index is 1.50. The van der Waals surface area contributed by atoms with Gasteiger partial charge >= 0.3 is 12.1 Å². The number of carboxylic acid groups (broad SMARTS) is 1. The van der Waals surface area contributed by atoms with Crippen LogP contribution in [0.25, 0.3) is 11.1 Å². The lowest BCUT2D eigenvalue weighted by Crippen LogP contribution is -2.25. The highest BCUT2D eigenvalue weighted by atomic mass is 19.1. The van der Waals surface area contributed by atoms with E-state index in [0.29, 0.717) is 30.4 Å². The molecule has 2 N–H and O–H groups in total. The van der Waals surface area contributed by atoms with Gasteiger partial charge in [-0.15, -0.1) is 0 Å². The molecule has 31 heavy (non-hydrogen) atoms. The van der Waals surface area contributed by atoms with Crippen LogP contribution < -0.4 is 5.32 Å². The second kappa shape index (κ2) is 10.9. The number of nitrogens with one attached hydrogen (secondary N) is 1. The predicted octanol–water partition coefficient (Wildman–Crippen LogP) is 5.26. The Morgan fingerprint density at radius 1 is 1.06 bits per heavy atom. The summed E-state index contributed by atoms with van der Waals surface area (Å²) in [6.45, 7) is 2.43. The van der Waals surface area contributed by atoms with E-state index < -0.39 is 12.1 Å². The number of amides is 1. The summed E-state index contributed by atoms with van der Waals surface area (Å²) in [5.74, 6) is -0.660. The highest BCUT2D eigenvalue weighted by molar-refractivity contribution is 5.92. The van der Waals surface area contributed by atoms with Crippen molar-refractivity contribution in [3.63, 3.8) is 0 Å². The molecule has 2 aromatic rings. The number of hydrogen-bond acceptors (Lipinski definition) is 4. The molecule has 7 heteroatoms. The van der Waals surface area contributed by atoms with Crippen molar-refractivity contribution < 1.29 is 28.6 Å². The van der Waals surface area contributed by atoms with Crippen molar-refractivity contribution in [3.8, 4) is 11.1 Å². The summed E-state index contributed by atoms with van der Waals surface area (Å²) in [6.07, 6.45) is 3.14. The first-order chi connectivity index (χ1) is 14.9. The summed E-state index contributed by atoms with van der Waals surface area (Å²) in [4.78, 5) is 22.9. The third-order valence-corrected chi connectivity index (χ3v) is 5.62. The number of ether oxygens (including phenoxy) is 2. The summed E-state index contributed by atoms with van der Waals surface area (Å²) in [5.41, 5.74) is 2.96. The largest absolute Gasteiger partial charge is 0.480 e. The topological polar surface area (TPSA) is 84.9 Å². The minimum Gasteiger partial charge on any atom is -0.480 e. The quantitative estimate of drug-likeness (QED) is 0.598. The molecule has 0 aromatic heterocycles. The number of carbonyl (C=O) groups excluding carboxylic acids is 1. The van der Waals surface area contributed by atoms with E-state index in [-0.39, 0.29) is 18.3 Å². The van der Waals surface area contributed by atoms with Crippen molar-refractivity contribution in [2.45, 2.75) is 32.6 Å². The Morgan fingerprint density at radius 2 is 1.74 bits per heavy atom. The number of rotatable bonds is 8. The predicted molar refractivity (Wildman–Crippen MR) is 115 cm³/mol. The van der Waals surface area contributed by atoms with Gasteiger partial charge in [0, 0.05) is 5.56 Å². The molecule has 0 atom stereocenters. The first-order valence-electron chi connectivity index (χ1n) is 10.5. The monoisotopic (exact) mass is 429 g/mol. The summed E-state index contributed by atoms with van der Waals surface area (Å²) < 4.78 is 24.3. The first kappa shape index (κ1) is 22.7. The fourth-order valence-corrected chi connectivity index (χ4v) is 4.02. The standard InChI is InChI=1S/C24H28FNO5/c1-16-4-2-7-21(23(16)19-5-3-6-20(25)12-19)26-24(29)31-14-18-10-8-17(9-11-18)13-30-15-22(27)28/h2-7,12,17-18H,8-11,13-15H2,1H3,(H,26,29)(H,27,28). The van der Waals surface area contributed by atoms with E-state index in [0.717, 1.165) is 36.8 Å². The van der Waals surface area contributed by atoms with Gasteiger partial charge in [0.05, 0.1) is 18.9 Å². The highest BCUT2D eigenvalue weighted by Crippen LogP contribution is 2.32. The number of halogens is 1. The zero-order valence-electron chi connectivity index (χ0n) is 17.6. The minimum absolute atomic E-state index is 0.264. The third kappa shape index (κ3) is 6.79. The van der Waals surface area contributed by atoms with Gasteiger partial charge in [0.25, 0.3) is 0 Å². The van der Waals surface area contributed by atoms with Crippen molar-refractivity contribution >= 4 is 17.7 Å². The second-order valence-corrected chi connectivity index (χ2v) is 8.03. The lowest BCUT2D eigenvalue weighted by Gasteiger charge is -2.27. The van der Waals surface area contributed by atoms with Crippen molar-refractivity contribution in [2.75, 3.05) is 25.1 Å². The minimum atomic E-state index is -0.956. The molecule has 1 amide bonds. The van der Waals surface area contributed by atoms with E-state index in [1.165, 1.54) is 12.1 Å². The molecular formula is C24H28FNO5. The molecule has 0 spiro atoms. The van der Waals surface area contributed by atoms with Crippen LogP contribution in [0.2, 0.25) is 0 Å². The van der Waals surface area contributed by atoms with Gasteiger partial charge in [-0.3, -0.25) is 5.32 Å². The number of hydrogen-bond donors (Lipinski definition) is 2. The number of aliphatic carboxylic acids is 1. The molecule has 0 saturated heterocycles. The van der Waals surface area contributed by atoms with Crippen LogP contribution in [0.3, 0.4) is 0 Å². The van der Waals surface area contributed by atoms with Crippen LogP contribution in [-0.4, -0.2) is 37.0 Å². The summed E-state index contributed by atoms with van der Waals surface area (Å²) >= 11 is 0. The van der Waals surface area contributed by atoms with Gasteiger partial charge < -0.3 is 14.6 Å². The third-order valence-electron chi connectivity index (χ3n) is 5.62. The van der Waals surface area contributed by atoms with Gasteiger partial charge in [-0.1, -0.05) is 24.3 Å². The summed E-state index contributed by atoms with van der Waals surface area (Å²) in [6, 6.07) is 11.8. The number of aryl methyl sites for hydroxylation is 1. The average Bonchev–Trinajstić information content (AvgIpc) is 2.73. The van der Waals surface area contributed by atoms with Crippen LogP contribution >= 0.6 is 0 Å². The van der Waals surface area contributed by atoms with E-state index in [4.69, 9.17) is 14.6 Å². The Morgan fingerprint density at radius 3 is 2.42 bits per heavy atom. The molecule has 1 aliphatic rings. The van der Waals surface area contributed by atoms with Crippen LogP contribution in [0, 0.1) is 24.6 Å². The maximum Gasteiger partial charge on any atom is 0.411 e. The fourth-order valence-electron chi connectivity index (χ4n) is 4.02. The highest BCUT2D eigenvalue weighted by Gasteiger charge is 2.23. The maximum absolute atomic E-state index is 13.7. The summed E-state index contributed by atoms with van der Waals surface area (Å²) in [5, 5.41) is 11.4. The smallest absolute Gasteiger partial charge is 0.411 e. The molecule has 1 aliphatic carbocycles. The van der Waals surface area contributed by atoms with E-state index in [1.807, 2.05) is 19.1 Å². The van der Waals surface area contributed by atoms with Gasteiger partial charge in [0.15, 0.2) is 0 Å². The van der Waals surface area contributed by atoms with Gasteiger partial charge in [-0.2, -0.15) is 0 Å². The Hall–Kier alpha value is -2.93. The van der Waals surface area contributed by atoms with E-state index in [2.05, 4.69) is 5.32 Å². The van der Waals surface area contributed by atoms with Crippen molar-refractivity contribution in [1.29, 1.82) is 0 Å². The number of carboxylic acids is 1. The van der Waals surface area contributed by atoms with Gasteiger partial charge in [0.2, 0.25) is 0 Å². The van der Waals surface area contributed by atoms with E-state index in [9.17, 15) is 14.0 Å². The zero-order valence-corrected chi connectivity index (χ0v) is 17.6. The van der Waals surface area contributed by atoms with Crippen LogP contribution in [0.5, 0.6) is 0 Å². The SMILES string of the molecule is Cc1cccc(NC(=O)OCC2CCC(COCC(=O)O)CC2)c1-c1cccc(F)c1. The molecule has 1 fully saturated rings.